The lowest BCUT2D eigenvalue weighted by molar-refractivity contribution is 0.101. The molecule has 0 amide bonds. The van der Waals surface area contributed by atoms with Gasteiger partial charge >= 0.3 is 0 Å². The standard InChI is InChI=1S/C21H22O2/c1-13-6-8-16(9-7-13)19-12-21(4,5)23-20-14(2)10-17(15(3)22)11-18(19)20/h6-12H,1-5H3. The van der Waals surface area contributed by atoms with E-state index in [2.05, 4.69) is 51.1 Å². The van der Waals surface area contributed by atoms with Gasteiger partial charge in [-0.15, -0.1) is 0 Å². The van der Waals surface area contributed by atoms with Crippen molar-refractivity contribution in [1.29, 1.82) is 0 Å². The fourth-order valence-electron chi connectivity index (χ4n) is 3.00. The van der Waals surface area contributed by atoms with Crippen molar-refractivity contribution >= 4 is 11.4 Å². The van der Waals surface area contributed by atoms with E-state index in [1.165, 1.54) is 5.56 Å². The number of carbonyl (C=O) groups excluding carboxylic acids is 1. The summed E-state index contributed by atoms with van der Waals surface area (Å²) in [5, 5.41) is 0. The quantitative estimate of drug-likeness (QED) is 0.721. The van der Waals surface area contributed by atoms with Crippen LogP contribution in [0.4, 0.5) is 0 Å². The van der Waals surface area contributed by atoms with Gasteiger partial charge in [0.25, 0.3) is 0 Å². The van der Waals surface area contributed by atoms with Crippen LogP contribution < -0.4 is 4.74 Å². The van der Waals surface area contributed by atoms with Crippen LogP contribution in [0.2, 0.25) is 0 Å². The van der Waals surface area contributed by atoms with Crippen LogP contribution >= 0.6 is 0 Å². The zero-order valence-electron chi connectivity index (χ0n) is 14.4. The third-order valence-electron chi connectivity index (χ3n) is 4.19. The molecule has 0 fully saturated rings. The molecule has 2 heteroatoms. The summed E-state index contributed by atoms with van der Waals surface area (Å²) in [5.74, 6) is 0.946. The minimum absolute atomic E-state index is 0.0731. The van der Waals surface area contributed by atoms with Crippen LogP contribution in [-0.2, 0) is 0 Å². The molecular weight excluding hydrogens is 284 g/mol. The van der Waals surface area contributed by atoms with E-state index in [0.717, 1.165) is 33.6 Å². The number of hydrogen-bond donors (Lipinski definition) is 0. The topological polar surface area (TPSA) is 26.3 Å². The van der Waals surface area contributed by atoms with Gasteiger partial charge < -0.3 is 4.74 Å². The van der Waals surface area contributed by atoms with E-state index in [-0.39, 0.29) is 11.4 Å². The molecule has 1 heterocycles. The molecule has 0 saturated heterocycles. The predicted molar refractivity (Wildman–Crippen MR) is 94.1 cm³/mol. The average molecular weight is 306 g/mol. The summed E-state index contributed by atoms with van der Waals surface area (Å²) in [6.07, 6.45) is 2.14. The Morgan fingerprint density at radius 1 is 1.04 bits per heavy atom. The van der Waals surface area contributed by atoms with Crippen molar-refractivity contribution in [2.45, 2.75) is 40.2 Å². The third-order valence-corrected chi connectivity index (χ3v) is 4.19. The molecule has 0 atom stereocenters. The minimum Gasteiger partial charge on any atom is -0.483 e. The molecule has 118 valence electrons. The number of benzene rings is 2. The molecule has 0 unspecified atom stereocenters. The van der Waals surface area contributed by atoms with Crippen molar-refractivity contribution in [3.8, 4) is 5.75 Å². The summed E-state index contributed by atoms with van der Waals surface area (Å²) in [5.41, 5.74) is 5.85. The molecule has 3 rings (SSSR count). The summed E-state index contributed by atoms with van der Waals surface area (Å²) >= 11 is 0. The molecule has 1 aliphatic heterocycles. The molecular formula is C21H22O2. The van der Waals surface area contributed by atoms with Gasteiger partial charge in [0.2, 0.25) is 0 Å². The van der Waals surface area contributed by atoms with Crippen LogP contribution in [0.5, 0.6) is 5.75 Å². The lowest BCUT2D eigenvalue weighted by atomic mass is 9.87. The monoisotopic (exact) mass is 306 g/mol. The van der Waals surface area contributed by atoms with E-state index in [1.807, 2.05) is 19.1 Å². The molecule has 2 aromatic rings. The van der Waals surface area contributed by atoms with E-state index >= 15 is 0 Å². The maximum atomic E-state index is 11.8. The van der Waals surface area contributed by atoms with Gasteiger partial charge in [0.15, 0.2) is 5.78 Å². The fourth-order valence-corrected chi connectivity index (χ4v) is 3.00. The highest BCUT2D eigenvalue weighted by Crippen LogP contribution is 2.42. The Labute approximate surface area is 137 Å². The summed E-state index contributed by atoms with van der Waals surface area (Å²) < 4.78 is 6.17. The number of Topliss-reactive ketones (excluding diaryl/α,β-unsaturated/α-hetero) is 1. The van der Waals surface area contributed by atoms with Crippen LogP contribution in [0.3, 0.4) is 0 Å². The summed E-state index contributed by atoms with van der Waals surface area (Å²) in [4.78, 5) is 11.8. The number of ether oxygens (including phenoxy) is 1. The largest absolute Gasteiger partial charge is 0.483 e. The second-order valence-electron chi connectivity index (χ2n) is 6.86. The Morgan fingerprint density at radius 2 is 1.70 bits per heavy atom. The first-order valence-electron chi connectivity index (χ1n) is 7.92. The Balaban J connectivity index is 2.25. The molecule has 2 nitrogen and oxygen atoms in total. The Hall–Kier alpha value is -2.35. The predicted octanol–water partition coefficient (Wildman–Crippen LogP) is 5.11. The van der Waals surface area contributed by atoms with Gasteiger partial charge in [0.1, 0.15) is 11.4 Å². The Kier molecular flexibility index (Phi) is 3.63. The zero-order chi connectivity index (χ0) is 16.8. The van der Waals surface area contributed by atoms with Crippen LogP contribution in [0.1, 0.15) is 53.4 Å². The molecule has 0 bridgehead atoms. The maximum Gasteiger partial charge on any atom is 0.159 e. The average Bonchev–Trinajstić information content (AvgIpc) is 2.47. The van der Waals surface area contributed by atoms with Gasteiger partial charge in [-0.05, 0) is 69.5 Å². The lowest BCUT2D eigenvalue weighted by Gasteiger charge is -2.32. The van der Waals surface area contributed by atoms with Crippen molar-refractivity contribution in [2.75, 3.05) is 0 Å². The second kappa shape index (κ2) is 5.38. The summed E-state index contributed by atoms with van der Waals surface area (Å²) in [6.45, 7) is 9.80. The molecule has 0 aromatic heterocycles. The first-order chi connectivity index (χ1) is 10.8. The molecule has 0 saturated carbocycles. The summed E-state index contributed by atoms with van der Waals surface area (Å²) in [7, 11) is 0. The molecule has 0 N–H and O–H groups in total. The van der Waals surface area contributed by atoms with Gasteiger partial charge in [0, 0.05) is 11.1 Å². The van der Waals surface area contributed by atoms with Crippen molar-refractivity contribution < 1.29 is 9.53 Å². The molecule has 0 aliphatic carbocycles. The van der Waals surface area contributed by atoms with Crippen LogP contribution in [0.25, 0.3) is 5.57 Å². The molecule has 1 aliphatic rings. The van der Waals surface area contributed by atoms with Gasteiger partial charge in [-0.3, -0.25) is 4.79 Å². The third kappa shape index (κ3) is 2.94. The number of hydrogen-bond acceptors (Lipinski definition) is 2. The van der Waals surface area contributed by atoms with E-state index in [4.69, 9.17) is 4.74 Å². The van der Waals surface area contributed by atoms with Gasteiger partial charge in [0.05, 0.1) is 0 Å². The number of ketones is 1. The van der Waals surface area contributed by atoms with E-state index in [1.54, 1.807) is 6.92 Å². The SMILES string of the molecule is CC(=O)c1cc(C)c2c(c1)C(c1ccc(C)cc1)=CC(C)(C)O2. The highest BCUT2D eigenvalue weighted by atomic mass is 16.5. The van der Waals surface area contributed by atoms with Crippen LogP contribution in [0, 0.1) is 13.8 Å². The first kappa shape index (κ1) is 15.5. The van der Waals surface area contributed by atoms with Crippen LogP contribution in [0.15, 0.2) is 42.5 Å². The molecule has 0 spiro atoms. The van der Waals surface area contributed by atoms with Gasteiger partial charge in [-0.1, -0.05) is 29.8 Å². The van der Waals surface area contributed by atoms with Crippen LogP contribution in [-0.4, -0.2) is 11.4 Å². The molecule has 0 radical (unpaired) electrons. The normalized spacial score (nSPS) is 15.4. The van der Waals surface area contributed by atoms with E-state index in [0.29, 0.717) is 0 Å². The number of rotatable bonds is 2. The highest BCUT2D eigenvalue weighted by Gasteiger charge is 2.29. The van der Waals surface area contributed by atoms with Crippen molar-refractivity contribution in [3.05, 3.63) is 70.3 Å². The number of fused-ring (bicyclic) bond motifs is 1. The smallest absolute Gasteiger partial charge is 0.159 e. The molecule has 2 aromatic carbocycles. The maximum absolute atomic E-state index is 11.8. The number of carbonyl (C=O) groups is 1. The van der Waals surface area contributed by atoms with Gasteiger partial charge in [-0.25, -0.2) is 0 Å². The Morgan fingerprint density at radius 3 is 2.30 bits per heavy atom. The van der Waals surface area contributed by atoms with E-state index in [9.17, 15) is 4.79 Å². The van der Waals surface area contributed by atoms with Gasteiger partial charge in [-0.2, -0.15) is 0 Å². The van der Waals surface area contributed by atoms with Crippen molar-refractivity contribution in [3.63, 3.8) is 0 Å². The Bertz CT molecular complexity index is 808. The number of aryl methyl sites for hydroxylation is 2. The minimum atomic E-state index is -0.379. The van der Waals surface area contributed by atoms with Crippen molar-refractivity contribution in [1.82, 2.24) is 0 Å². The molecule has 23 heavy (non-hydrogen) atoms. The summed E-state index contributed by atoms with van der Waals surface area (Å²) in [6, 6.07) is 12.3. The lowest BCUT2D eigenvalue weighted by Crippen LogP contribution is -2.29. The fraction of sp³-hybridized carbons (Fsp3) is 0.286. The van der Waals surface area contributed by atoms with E-state index < -0.39 is 0 Å². The zero-order valence-corrected chi connectivity index (χ0v) is 14.4. The highest BCUT2D eigenvalue weighted by molar-refractivity contribution is 5.97. The first-order valence-corrected chi connectivity index (χ1v) is 7.92. The van der Waals surface area contributed by atoms with Crippen molar-refractivity contribution in [2.24, 2.45) is 0 Å². The second-order valence-corrected chi connectivity index (χ2v) is 6.86.